The van der Waals surface area contributed by atoms with Crippen molar-refractivity contribution in [3.05, 3.63) is 35.9 Å². The second kappa shape index (κ2) is 4.45. The van der Waals surface area contributed by atoms with Crippen molar-refractivity contribution in [2.24, 2.45) is 11.3 Å². The van der Waals surface area contributed by atoms with E-state index in [0.717, 1.165) is 18.4 Å². The van der Waals surface area contributed by atoms with E-state index < -0.39 is 0 Å². The molecule has 3 rings (SSSR count). The molecule has 1 heteroatoms. The van der Waals surface area contributed by atoms with E-state index in [2.05, 4.69) is 42.6 Å². The Morgan fingerprint density at radius 2 is 2.06 bits per heavy atom. The zero-order chi connectivity index (χ0) is 11.7. The highest BCUT2D eigenvalue weighted by molar-refractivity contribution is 5.24. The number of benzene rings is 1. The van der Waals surface area contributed by atoms with E-state index in [1.54, 1.807) is 5.56 Å². The summed E-state index contributed by atoms with van der Waals surface area (Å²) in [6, 6.07) is 11.2. The van der Waals surface area contributed by atoms with Gasteiger partial charge in [0.25, 0.3) is 0 Å². The molecule has 1 N–H and O–H groups in total. The molecule has 3 atom stereocenters. The minimum atomic E-state index is 0.626. The molecule has 2 aliphatic carbocycles. The number of rotatable bonds is 4. The minimum absolute atomic E-state index is 0.626. The molecule has 0 spiro atoms. The van der Waals surface area contributed by atoms with Crippen molar-refractivity contribution in [2.45, 2.75) is 38.5 Å². The average molecular weight is 229 g/mol. The molecule has 1 aromatic carbocycles. The Bertz CT molecular complexity index is 372. The van der Waals surface area contributed by atoms with Gasteiger partial charge in [-0.3, -0.25) is 0 Å². The lowest BCUT2D eigenvalue weighted by molar-refractivity contribution is 0.268. The van der Waals surface area contributed by atoms with Crippen LogP contribution in [-0.4, -0.2) is 13.1 Å². The Morgan fingerprint density at radius 1 is 1.24 bits per heavy atom. The highest BCUT2D eigenvalue weighted by Crippen LogP contribution is 2.60. The van der Waals surface area contributed by atoms with E-state index in [-0.39, 0.29) is 0 Å². The van der Waals surface area contributed by atoms with E-state index >= 15 is 0 Å². The van der Waals surface area contributed by atoms with Crippen molar-refractivity contribution >= 4 is 0 Å². The summed E-state index contributed by atoms with van der Waals surface area (Å²) >= 11 is 0. The first-order valence-electron chi connectivity index (χ1n) is 7.09. The van der Waals surface area contributed by atoms with Gasteiger partial charge in [-0.25, -0.2) is 0 Å². The lowest BCUT2D eigenvalue weighted by atomic mass is 9.77. The highest BCUT2D eigenvalue weighted by atomic mass is 14.9. The Kier molecular flexibility index (Phi) is 2.96. The molecule has 2 bridgehead atoms. The van der Waals surface area contributed by atoms with Crippen molar-refractivity contribution in [3.8, 4) is 0 Å². The van der Waals surface area contributed by atoms with Crippen LogP contribution in [0.15, 0.2) is 30.3 Å². The van der Waals surface area contributed by atoms with E-state index in [1.165, 1.54) is 32.2 Å². The number of nitrogens with one attached hydrogen (secondary N) is 1. The molecule has 1 aromatic rings. The fourth-order valence-corrected chi connectivity index (χ4v) is 4.13. The SMILES string of the molecule is CCNCC12CCC(C1)C(c1ccccc1)C2. The summed E-state index contributed by atoms with van der Waals surface area (Å²) in [5, 5.41) is 3.58. The van der Waals surface area contributed by atoms with Gasteiger partial charge in [-0.1, -0.05) is 37.3 Å². The zero-order valence-corrected chi connectivity index (χ0v) is 10.8. The van der Waals surface area contributed by atoms with Gasteiger partial charge >= 0.3 is 0 Å². The molecule has 0 radical (unpaired) electrons. The molecule has 0 amide bonds. The summed E-state index contributed by atoms with van der Waals surface area (Å²) in [5.41, 5.74) is 2.21. The average Bonchev–Trinajstić information content (AvgIpc) is 2.96. The third kappa shape index (κ3) is 2.01. The maximum absolute atomic E-state index is 3.58. The van der Waals surface area contributed by atoms with Gasteiger partial charge in [-0.05, 0) is 55.0 Å². The molecular formula is C16H23N. The Morgan fingerprint density at radius 3 is 2.82 bits per heavy atom. The minimum Gasteiger partial charge on any atom is -0.316 e. The molecule has 92 valence electrons. The van der Waals surface area contributed by atoms with Crippen LogP contribution in [0.5, 0.6) is 0 Å². The Labute approximate surface area is 105 Å². The van der Waals surface area contributed by atoms with Gasteiger partial charge in [0.1, 0.15) is 0 Å². The normalized spacial score (nSPS) is 35.4. The predicted octanol–water partition coefficient (Wildman–Crippen LogP) is 3.57. The van der Waals surface area contributed by atoms with E-state index in [0.29, 0.717) is 5.41 Å². The van der Waals surface area contributed by atoms with Crippen molar-refractivity contribution in [3.63, 3.8) is 0 Å². The van der Waals surface area contributed by atoms with Crippen LogP contribution in [0.2, 0.25) is 0 Å². The smallest absolute Gasteiger partial charge is 0.000802 e. The molecule has 0 heterocycles. The first kappa shape index (κ1) is 11.3. The molecule has 2 fully saturated rings. The van der Waals surface area contributed by atoms with Crippen molar-refractivity contribution in [1.29, 1.82) is 0 Å². The van der Waals surface area contributed by atoms with E-state index in [9.17, 15) is 0 Å². The van der Waals surface area contributed by atoms with Gasteiger partial charge in [0.05, 0.1) is 0 Å². The van der Waals surface area contributed by atoms with Crippen LogP contribution in [-0.2, 0) is 0 Å². The van der Waals surface area contributed by atoms with Crippen LogP contribution in [0.4, 0.5) is 0 Å². The van der Waals surface area contributed by atoms with Crippen LogP contribution in [0.1, 0.15) is 44.1 Å². The third-order valence-electron chi connectivity index (χ3n) is 4.94. The van der Waals surface area contributed by atoms with Gasteiger partial charge in [0.15, 0.2) is 0 Å². The summed E-state index contributed by atoms with van der Waals surface area (Å²) in [7, 11) is 0. The van der Waals surface area contributed by atoms with Crippen molar-refractivity contribution in [1.82, 2.24) is 5.32 Å². The molecule has 0 aliphatic heterocycles. The summed E-state index contributed by atoms with van der Waals surface area (Å²) in [6.07, 6.45) is 5.77. The van der Waals surface area contributed by atoms with Crippen LogP contribution < -0.4 is 5.32 Å². The van der Waals surface area contributed by atoms with E-state index in [1.807, 2.05) is 0 Å². The molecule has 17 heavy (non-hydrogen) atoms. The van der Waals surface area contributed by atoms with Crippen molar-refractivity contribution in [2.75, 3.05) is 13.1 Å². The van der Waals surface area contributed by atoms with Crippen LogP contribution in [0.25, 0.3) is 0 Å². The lowest BCUT2D eigenvalue weighted by Gasteiger charge is -2.30. The molecular weight excluding hydrogens is 206 g/mol. The fraction of sp³-hybridized carbons (Fsp3) is 0.625. The maximum atomic E-state index is 3.58. The fourth-order valence-electron chi connectivity index (χ4n) is 4.13. The molecule has 3 unspecified atom stereocenters. The summed E-state index contributed by atoms with van der Waals surface area (Å²) < 4.78 is 0. The van der Waals surface area contributed by atoms with Crippen LogP contribution >= 0.6 is 0 Å². The van der Waals surface area contributed by atoms with Crippen molar-refractivity contribution < 1.29 is 0 Å². The molecule has 2 aliphatic rings. The monoisotopic (exact) mass is 229 g/mol. The van der Waals surface area contributed by atoms with Gasteiger partial charge in [0, 0.05) is 6.54 Å². The zero-order valence-electron chi connectivity index (χ0n) is 10.8. The summed E-state index contributed by atoms with van der Waals surface area (Å²) in [5.74, 6) is 1.79. The molecule has 0 aromatic heterocycles. The van der Waals surface area contributed by atoms with Gasteiger partial charge in [-0.2, -0.15) is 0 Å². The molecule has 0 saturated heterocycles. The largest absolute Gasteiger partial charge is 0.316 e. The van der Waals surface area contributed by atoms with E-state index in [4.69, 9.17) is 0 Å². The summed E-state index contributed by atoms with van der Waals surface area (Å²) in [6.45, 7) is 4.57. The number of hydrogen-bond donors (Lipinski definition) is 1. The van der Waals surface area contributed by atoms with Crippen LogP contribution in [0.3, 0.4) is 0 Å². The second-order valence-electron chi connectivity index (χ2n) is 6.00. The Balaban J connectivity index is 1.75. The van der Waals surface area contributed by atoms with Crippen LogP contribution in [0, 0.1) is 11.3 Å². The third-order valence-corrected chi connectivity index (χ3v) is 4.94. The van der Waals surface area contributed by atoms with Gasteiger partial charge in [0.2, 0.25) is 0 Å². The maximum Gasteiger partial charge on any atom is 0.000802 e. The number of fused-ring (bicyclic) bond motifs is 2. The first-order chi connectivity index (χ1) is 8.33. The summed E-state index contributed by atoms with van der Waals surface area (Å²) in [4.78, 5) is 0. The highest BCUT2D eigenvalue weighted by Gasteiger charge is 2.50. The first-order valence-corrected chi connectivity index (χ1v) is 7.09. The predicted molar refractivity (Wildman–Crippen MR) is 72.1 cm³/mol. The lowest BCUT2D eigenvalue weighted by Crippen LogP contribution is -2.31. The van der Waals surface area contributed by atoms with Gasteiger partial charge < -0.3 is 5.32 Å². The molecule has 1 nitrogen and oxygen atoms in total. The quantitative estimate of drug-likeness (QED) is 0.832. The Hall–Kier alpha value is -0.820. The second-order valence-corrected chi connectivity index (χ2v) is 6.00. The topological polar surface area (TPSA) is 12.0 Å². The number of hydrogen-bond acceptors (Lipinski definition) is 1. The standard InChI is InChI=1S/C16H23N/c1-2-17-12-16-9-8-14(10-16)15(11-16)13-6-4-3-5-7-13/h3-7,14-15,17H,2,8-12H2,1H3. The molecule has 2 saturated carbocycles. The van der Waals surface area contributed by atoms with Gasteiger partial charge in [-0.15, -0.1) is 0 Å².